The molecule has 1 saturated heterocycles. The minimum absolute atomic E-state index is 0.0501. The predicted octanol–water partition coefficient (Wildman–Crippen LogP) is 3.76. The fourth-order valence-electron chi connectivity index (χ4n) is 5.77. The van der Waals surface area contributed by atoms with Crippen LogP contribution in [0.1, 0.15) is 49.5 Å². The number of hydrogen-bond acceptors (Lipinski definition) is 8. The van der Waals surface area contributed by atoms with Crippen LogP contribution in [-0.4, -0.2) is 81.2 Å². The van der Waals surface area contributed by atoms with Crippen molar-refractivity contribution < 1.29 is 34.1 Å². The molecule has 2 aromatic rings. The number of carbonyl (C=O) groups is 4. The predicted molar refractivity (Wildman–Crippen MR) is 160 cm³/mol. The van der Waals surface area contributed by atoms with Crippen LogP contribution in [0, 0.1) is 5.92 Å². The van der Waals surface area contributed by atoms with Gasteiger partial charge in [0.25, 0.3) is 0 Å². The molecule has 42 heavy (non-hydrogen) atoms. The number of likely N-dealkylation sites (tertiary alicyclic amines) is 1. The number of hydrogen-bond donors (Lipinski definition) is 3. The number of aldehydes is 1. The number of amides is 2. The van der Waals surface area contributed by atoms with Gasteiger partial charge < -0.3 is 25.2 Å². The van der Waals surface area contributed by atoms with E-state index in [-0.39, 0.29) is 35.1 Å². The SMILES string of the molecule is COc1ccc(CN2C[C@@H](SC3=C(C(=O)O)N(C(C)=O)[C@@H](C[C@@H](C)O)[C@H]3C)C[C@H]2C(=O)Nc2cccc(C=O)c2)cc1. The molecule has 2 aliphatic heterocycles. The van der Waals surface area contributed by atoms with Gasteiger partial charge in [0, 0.05) is 53.4 Å². The maximum atomic E-state index is 13.6. The van der Waals surface area contributed by atoms with Gasteiger partial charge in [0.05, 0.1) is 19.3 Å². The zero-order valence-electron chi connectivity index (χ0n) is 24.1. The Morgan fingerprint density at radius 3 is 2.50 bits per heavy atom. The van der Waals surface area contributed by atoms with Gasteiger partial charge in [0.15, 0.2) is 0 Å². The molecule has 5 atom stereocenters. The molecule has 4 rings (SSSR count). The Morgan fingerprint density at radius 1 is 1.19 bits per heavy atom. The molecule has 2 amide bonds. The second-order valence-electron chi connectivity index (χ2n) is 10.8. The normalized spacial score (nSPS) is 23.1. The van der Waals surface area contributed by atoms with Crippen molar-refractivity contribution in [1.82, 2.24) is 9.80 Å². The Labute approximate surface area is 249 Å². The van der Waals surface area contributed by atoms with Crippen molar-refractivity contribution in [3.05, 3.63) is 70.3 Å². The lowest BCUT2D eigenvalue weighted by molar-refractivity contribution is -0.140. The molecule has 0 aliphatic carbocycles. The van der Waals surface area contributed by atoms with Crippen molar-refractivity contribution in [2.24, 2.45) is 5.92 Å². The maximum Gasteiger partial charge on any atom is 0.353 e. The molecule has 3 N–H and O–H groups in total. The van der Waals surface area contributed by atoms with Gasteiger partial charge in [0.1, 0.15) is 17.7 Å². The fraction of sp³-hybridized carbons (Fsp3) is 0.419. The molecule has 2 heterocycles. The summed E-state index contributed by atoms with van der Waals surface area (Å²) in [6.07, 6.45) is 0.709. The zero-order chi connectivity index (χ0) is 30.6. The van der Waals surface area contributed by atoms with E-state index in [2.05, 4.69) is 10.2 Å². The Hall–Kier alpha value is -3.67. The molecule has 0 bridgehead atoms. The van der Waals surface area contributed by atoms with E-state index in [1.54, 1.807) is 38.3 Å². The minimum Gasteiger partial charge on any atom is -0.497 e. The van der Waals surface area contributed by atoms with E-state index in [1.165, 1.54) is 23.6 Å². The van der Waals surface area contributed by atoms with Crippen LogP contribution in [0.2, 0.25) is 0 Å². The highest BCUT2D eigenvalue weighted by Gasteiger charge is 2.46. The van der Waals surface area contributed by atoms with Crippen molar-refractivity contribution in [1.29, 1.82) is 0 Å². The number of benzene rings is 2. The number of methoxy groups -OCH3 is 1. The third kappa shape index (κ3) is 7.03. The monoisotopic (exact) mass is 595 g/mol. The summed E-state index contributed by atoms with van der Waals surface area (Å²) in [5, 5.41) is 23.0. The van der Waals surface area contributed by atoms with E-state index >= 15 is 0 Å². The molecule has 0 unspecified atom stereocenters. The average Bonchev–Trinajstić information content (AvgIpc) is 3.47. The first-order valence-electron chi connectivity index (χ1n) is 13.9. The van der Waals surface area contributed by atoms with Crippen LogP contribution in [0.4, 0.5) is 5.69 Å². The number of rotatable bonds is 11. The van der Waals surface area contributed by atoms with Crippen LogP contribution in [0.3, 0.4) is 0 Å². The molecule has 224 valence electrons. The van der Waals surface area contributed by atoms with Gasteiger partial charge in [-0.05, 0) is 49.6 Å². The number of nitrogens with one attached hydrogen (secondary N) is 1. The molecule has 2 aromatic carbocycles. The molecular weight excluding hydrogens is 558 g/mol. The highest BCUT2D eigenvalue weighted by Crippen LogP contribution is 2.46. The number of ether oxygens (including phenoxy) is 1. The zero-order valence-corrected chi connectivity index (χ0v) is 25.0. The molecule has 0 radical (unpaired) electrons. The number of aliphatic hydroxyl groups is 1. The number of aliphatic carboxylic acids is 1. The van der Waals surface area contributed by atoms with E-state index in [1.807, 2.05) is 31.2 Å². The van der Waals surface area contributed by atoms with Crippen molar-refractivity contribution >= 4 is 41.5 Å². The first-order chi connectivity index (χ1) is 20.0. The lowest BCUT2D eigenvalue weighted by Gasteiger charge is -2.28. The molecular formula is C31H37N3O7S. The fourth-order valence-corrected chi connectivity index (χ4v) is 7.35. The van der Waals surface area contributed by atoms with E-state index in [0.717, 1.165) is 17.6 Å². The summed E-state index contributed by atoms with van der Waals surface area (Å²) in [6, 6.07) is 13.3. The summed E-state index contributed by atoms with van der Waals surface area (Å²) in [7, 11) is 1.60. The standard InChI is InChI=1S/C31H37N3O7S/c1-18(36)12-26-19(2)29(28(31(39)40)34(26)20(3)37)42-25-14-27(30(38)32-23-7-5-6-22(13-23)17-35)33(16-25)15-21-8-10-24(41-4)11-9-21/h5-11,13,17-19,25-27,36H,12,14-16H2,1-4H3,(H,32,38)(H,39,40)/t18-,19-,25+,26+,27+/m1/s1. The van der Waals surface area contributed by atoms with E-state index in [4.69, 9.17) is 4.74 Å². The van der Waals surface area contributed by atoms with Crippen molar-refractivity contribution in [3.63, 3.8) is 0 Å². The quantitative estimate of drug-likeness (QED) is 0.332. The lowest BCUT2D eigenvalue weighted by atomic mass is 9.98. The lowest BCUT2D eigenvalue weighted by Crippen LogP contribution is -2.40. The van der Waals surface area contributed by atoms with Crippen molar-refractivity contribution in [3.8, 4) is 5.75 Å². The van der Waals surface area contributed by atoms with Gasteiger partial charge >= 0.3 is 5.97 Å². The average molecular weight is 596 g/mol. The Bertz CT molecular complexity index is 1360. The molecule has 11 heteroatoms. The third-order valence-electron chi connectivity index (χ3n) is 7.72. The number of anilines is 1. The number of carboxylic acids is 1. The van der Waals surface area contributed by atoms with Crippen LogP contribution in [-0.2, 0) is 20.9 Å². The number of nitrogens with zero attached hydrogens (tertiary/aromatic N) is 2. The minimum atomic E-state index is -1.19. The van der Waals surface area contributed by atoms with Gasteiger partial charge in [-0.15, -0.1) is 11.8 Å². The molecule has 0 saturated carbocycles. The smallest absolute Gasteiger partial charge is 0.353 e. The third-order valence-corrected chi connectivity index (χ3v) is 9.21. The summed E-state index contributed by atoms with van der Waals surface area (Å²) in [5.41, 5.74) is 1.91. The van der Waals surface area contributed by atoms with Gasteiger partial charge in [0.2, 0.25) is 11.8 Å². The van der Waals surface area contributed by atoms with Gasteiger partial charge in [-0.2, -0.15) is 0 Å². The highest BCUT2D eigenvalue weighted by atomic mass is 32.2. The van der Waals surface area contributed by atoms with Crippen molar-refractivity contribution in [2.75, 3.05) is 19.0 Å². The first-order valence-corrected chi connectivity index (χ1v) is 14.7. The second-order valence-corrected chi connectivity index (χ2v) is 12.2. The van der Waals surface area contributed by atoms with Crippen LogP contribution < -0.4 is 10.1 Å². The Kier molecular flexibility index (Phi) is 10.1. The van der Waals surface area contributed by atoms with Crippen LogP contribution in [0.5, 0.6) is 5.75 Å². The highest BCUT2D eigenvalue weighted by molar-refractivity contribution is 8.03. The molecule has 1 fully saturated rings. The summed E-state index contributed by atoms with van der Waals surface area (Å²) >= 11 is 1.40. The number of carbonyl (C=O) groups excluding carboxylic acids is 3. The van der Waals surface area contributed by atoms with E-state index in [0.29, 0.717) is 35.7 Å². The Balaban J connectivity index is 1.61. The largest absolute Gasteiger partial charge is 0.497 e. The van der Waals surface area contributed by atoms with Gasteiger partial charge in [-0.1, -0.05) is 31.2 Å². The summed E-state index contributed by atoms with van der Waals surface area (Å²) in [4.78, 5) is 53.8. The van der Waals surface area contributed by atoms with Crippen LogP contribution in [0.25, 0.3) is 0 Å². The molecule has 0 spiro atoms. The first kappa shape index (κ1) is 31.3. The van der Waals surface area contributed by atoms with E-state index in [9.17, 15) is 29.4 Å². The van der Waals surface area contributed by atoms with E-state index < -0.39 is 24.2 Å². The Morgan fingerprint density at radius 2 is 1.90 bits per heavy atom. The maximum absolute atomic E-state index is 13.6. The summed E-state index contributed by atoms with van der Waals surface area (Å²) in [6.45, 7) is 5.84. The molecule has 2 aliphatic rings. The van der Waals surface area contributed by atoms with Gasteiger partial charge in [-0.25, -0.2) is 4.79 Å². The molecule has 10 nitrogen and oxygen atoms in total. The number of aliphatic hydroxyl groups excluding tert-OH is 1. The van der Waals surface area contributed by atoms with Crippen LogP contribution >= 0.6 is 11.8 Å². The number of carboxylic acid groups (broad SMARTS) is 1. The summed E-state index contributed by atoms with van der Waals surface area (Å²) in [5.74, 6) is -1.37. The summed E-state index contributed by atoms with van der Waals surface area (Å²) < 4.78 is 5.27. The van der Waals surface area contributed by atoms with Gasteiger partial charge in [-0.3, -0.25) is 19.3 Å². The topological polar surface area (TPSA) is 136 Å². The number of thioether (sulfide) groups is 1. The van der Waals surface area contributed by atoms with Crippen molar-refractivity contribution in [2.45, 2.75) is 63.6 Å². The second kappa shape index (κ2) is 13.5. The van der Waals surface area contributed by atoms with Crippen LogP contribution in [0.15, 0.2) is 59.1 Å². The molecule has 0 aromatic heterocycles.